The average molecular weight is 379 g/mol. The summed E-state index contributed by atoms with van der Waals surface area (Å²) in [6, 6.07) is 7.96. The lowest BCUT2D eigenvalue weighted by atomic mass is 10.0. The van der Waals surface area contributed by atoms with Crippen molar-refractivity contribution in [2.75, 3.05) is 13.2 Å². The van der Waals surface area contributed by atoms with Gasteiger partial charge in [0.2, 0.25) is 5.91 Å². The smallest absolute Gasteiger partial charge is 0.408 e. The number of carbonyl (C=O) groups is 2. The minimum Gasteiger partial charge on any atom is -0.492 e. The number of ether oxygens (including phenoxy) is 2. The summed E-state index contributed by atoms with van der Waals surface area (Å²) < 4.78 is 10.9. The maximum absolute atomic E-state index is 12.1. The second-order valence-corrected chi connectivity index (χ2v) is 8.61. The number of rotatable bonds is 8. The van der Waals surface area contributed by atoms with Crippen molar-refractivity contribution in [3.63, 3.8) is 0 Å². The van der Waals surface area contributed by atoms with Crippen LogP contribution in [-0.2, 0) is 9.53 Å². The minimum atomic E-state index is -0.708. The Morgan fingerprint density at radius 2 is 1.63 bits per heavy atom. The average Bonchev–Trinajstić information content (AvgIpc) is 2.48. The zero-order chi connectivity index (χ0) is 20.7. The Bertz CT molecular complexity index is 616. The second kappa shape index (κ2) is 9.62. The van der Waals surface area contributed by atoms with Crippen molar-refractivity contribution >= 4 is 12.0 Å². The van der Waals surface area contributed by atoms with Crippen LogP contribution in [0, 0.1) is 0 Å². The van der Waals surface area contributed by atoms with Gasteiger partial charge in [-0.25, -0.2) is 4.79 Å². The van der Waals surface area contributed by atoms with Gasteiger partial charge in [-0.3, -0.25) is 4.79 Å². The number of carbonyl (C=O) groups excluding carboxylic acids is 2. The molecule has 0 aromatic heterocycles. The molecule has 1 aromatic rings. The molecule has 0 saturated carbocycles. The molecule has 6 nitrogen and oxygen atoms in total. The van der Waals surface area contributed by atoms with E-state index < -0.39 is 17.2 Å². The summed E-state index contributed by atoms with van der Waals surface area (Å²) in [4.78, 5) is 24.0. The lowest BCUT2D eigenvalue weighted by Crippen LogP contribution is -2.48. The van der Waals surface area contributed by atoms with Crippen LogP contribution in [0.15, 0.2) is 24.3 Å². The lowest BCUT2D eigenvalue weighted by Gasteiger charge is -2.28. The van der Waals surface area contributed by atoms with Gasteiger partial charge < -0.3 is 20.1 Å². The van der Waals surface area contributed by atoms with Crippen LogP contribution in [0.25, 0.3) is 0 Å². The fourth-order valence-corrected chi connectivity index (χ4v) is 2.40. The number of nitrogens with one attached hydrogen (secondary N) is 2. The van der Waals surface area contributed by atoms with Crippen LogP contribution >= 0.6 is 0 Å². The van der Waals surface area contributed by atoms with E-state index in [9.17, 15) is 9.59 Å². The Labute approximate surface area is 163 Å². The van der Waals surface area contributed by atoms with Gasteiger partial charge in [0.05, 0.1) is 6.54 Å². The molecule has 0 fully saturated rings. The van der Waals surface area contributed by atoms with Crippen molar-refractivity contribution in [2.24, 2.45) is 0 Å². The van der Waals surface area contributed by atoms with E-state index in [4.69, 9.17) is 9.47 Å². The van der Waals surface area contributed by atoms with Crippen molar-refractivity contribution in [3.05, 3.63) is 29.8 Å². The van der Waals surface area contributed by atoms with E-state index in [1.165, 1.54) is 5.56 Å². The molecular formula is C21H34N2O4. The third-order valence-electron chi connectivity index (χ3n) is 3.68. The monoisotopic (exact) mass is 378 g/mol. The highest BCUT2D eigenvalue weighted by Gasteiger charge is 2.26. The normalized spacial score (nSPS) is 11.9. The first-order valence-corrected chi connectivity index (χ1v) is 9.38. The Hall–Kier alpha value is -2.24. The molecule has 0 atom stereocenters. The fourth-order valence-electron chi connectivity index (χ4n) is 2.40. The summed E-state index contributed by atoms with van der Waals surface area (Å²) in [5, 5.41) is 5.53. The van der Waals surface area contributed by atoms with Crippen LogP contribution in [-0.4, -0.2) is 36.3 Å². The zero-order valence-electron chi connectivity index (χ0n) is 17.6. The molecule has 152 valence electrons. The largest absolute Gasteiger partial charge is 0.492 e. The maximum Gasteiger partial charge on any atom is 0.408 e. The van der Waals surface area contributed by atoms with Crippen molar-refractivity contribution in [1.29, 1.82) is 0 Å². The maximum atomic E-state index is 12.1. The molecule has 1 aromatic carbocycles. The van der Waals surface area contributed by atoms with E-state index in [0.717, 1.165) is 5.75 Å². The van der Waals surface area contributed by atoms with E-state index >= 15 is 0 Å². The number of amides is 2. The first-order chi connectivity index (χ1) is 12.4. The minimum absolute atomic E-state index is 0.148. The third-order valence-corrected chi connectivity index (χ3v) is 3.68. The first-order valence-electron chi connectivity index (χ1n) is 9.38. The molecule has 2 amide bonds. The van der Waals surface area contributed by atoms with Crippen LogP contribution in [0.1, 0.15) is 66.4 Å². The van der Waals surface area contributed by atoms with Crippen molar-refractivity contribution in [1.82, 2.24) is 10.6 Å². The molecule has 0 aliphatic heterocycles. The Balaban J connectivity index is 2.32. The molecule has 0 heterocycles. The third kappa shape index (κ3) is 9.87. The van der Waals surface area contributed by atoms with Gasteiger partial charge >= 0.3 is 6.09 Å². The Morgan fingerprint density at radius 1 is 1.04 bits per heavy atom. The van der Waals surface area contributed by atoms with Crippen LogP contribution in [0.3, 0.4) is 0 Å². The highest BCUT2D eigenvalue weighted by Crippen LogP contribution is 2.18. The predicted molar refractivity (Wildman–Crippen MR) is 107 cm³/mol. The summed E-state index contributed by atoms with van der Waals surface area (Å²) in [5.41, 5.74) is -0.0250. The molecule has 0 spiro atoms. The van der Waals surface area contributed by atoms with Crippen LogP contribution in [0.2, 0.25) is 0 Å². The van der Waals surface area contributed by atoms with Crippen LogP contribution in [0.4, 0.5) is 4.79 Å². The fraction of sp³-hybridized carbons (Fsp3) is 0.619. The molecule has 0 bridgehead atoms. The van der Waals surface area contributed by atoms with Gasteiger partial charge in [0.25, 0.3) is 0 Å². The molecule has 27 heavy (non-hydrogen) atoms. The van der Waals surface area contributed by atoms with Crippen molar-refractivity contribution < 1.29 is 19.1 Å². The van der Waals surface area contributed by atoms with Gasteiger partial charge in [-0.2, -0.15) is 0 Å². The first kappa shape index (κ1) is 22.8. The zero-order valence-corrected chi connectivity index (χ0v) is 17.6. The number of hydrogen-bond acceptors (Lipinski definition) is 4. The highest BCUT2D eigenvalue weighted by molar-refractivity contribution is 5.78. The summed E-state index contributed by atoms with van der Waals surface area (Å²) in [5.74, 6) is 1.10. The lowest BCUT2D eigenvalue weighted by molar-refractivity contribution is -0.122. The van der Waals surface area contributed by atoms with Crippen LogP contribution in [0.5, 0.6) is 5.75 Å². The van der Waals surface area contributed by atoms with Gasteiger partial charge in [0.1, 0.15) is 18.0 Å². The molecule has 6 heteroatoms. The van der Waals surface area contributed by atoms with Crippen LogP contribution < -0.4 is 15.4 Å². The van der Waals surface area contributed by atoms with E-state index in [2.05, 4.69) is 24.5 Å². The quantitative estimate of drug-likeness (QED) is 0.671. The number of alkyl carbamates (subject to hydrolysis) is 1. The van der Waals surface area contributed by atoms with Gasteiger partial charge in [-0.1, -0.05) is 26.0 Å². The van der Waals surface area contributed by atoms with Gasteiger partial charge in [0.15, 0.2) is 0 Å². The van der Waals surface area contributed by atoms with E-state index in [1.807, 2.05) is 24.3 Å². The van der Waals surface area contributed by atoms with E-state index in [1.54, 1.807) is 34.6 Å². The van der Waals surface area contributed by atoms with E-state index in [0.29, 0.717) is 19.1 Å². The van der Waals surface area contributed by atoms with Gasteiger partial charge in [-0.05, 0) is 58.2 Å². The molecule has 2 N–H and O–H groups in total. The molecule has 0 aliphatic carbocycles. The van der Waals surface area contributed by atoms with E-state index in [-0.39, 0.29) is 12.3 Å². The standard InChI is InChI=1S/C21H34N2O4/c1-15(2)16-8-10-17(11-9-16)26-13-12-22-18(24)14-21(6,7)23-19(25)27-20(3,4)5/h8-11,15H,12-14H2,1-7H3,(H,22,24)(H,23,25). The Kier molecular flexibility index (Phi) is 8.13. The molecule has 1 rings (SSSR count). The van der Waals surface area contributed by atoms with Gasteiger partial charge in [0, 0.05) is 12.0 Å². The molecule has 0 unspecified atom stereocenters. The van der Waals surface area contributed by atoms with Gasteiger partial charge in [-0.15, -0.1) is 0 Å². The van der Waals surface area contributed by atoms with Crippen molar-refractivity contribution in [3.8, 4) is 5.75 Å². The Morgan fingerprint density at radius 3 is 2.15 bits per heavy atom. The number of hydrogen-bond donors (Lipinski definition) is 2. The summed E-state index contributed by atoms with van der Waals surface area (Å²) in [6.45, 7) is 14.0. The summed E-state index contributed by atoms with van der Waals surface area (Å²) in [6.07, 6.45) is -0.386. The predicted octanol–water partition coefficient (Wildman–Crippen LogP) is 4.00. The van der Waals surface area contributed by atoms with Crippen molar-refractivity contribution in [2.45, 2.75) is 71.9 Å². The molecule has 0 aliphatic rings. The number of benzene rings is 1. The molecular weight excluding hydrogens is 344 g/mol. The molecule has 0 radical (unpaired) electrons. The highest BCUT2D eigenvalue weighted by atomic mass is 16.6. The second-order valence-electron chi connectivity index (χ2n) is 8.61. The summed E-state index contributed by atoms with van der Waals surface area (Å²) >= 11 is 0. The molecule has 0 saturated heterocycles. The SMILES string of the molecule is CC(C)c1ccc(OCCNC(=O)CC(C)(C)NC(=O)OC(C)(C)C)cc1. The topological polar surface area (TPSA) is 76.7 Å². The summed E-state index contributed by atoms with van der Waals surface area (Å²) in [7, 11) is 0.